The molecule has 2 rings (SSSR count). The lowest BCUT2D eigenvalue weighted by Crippen LogP contribution is -2.30. The number of hydrogen-bond donors (Lipinski definition) is 2. The Morgan fingerprint density at radius 3 is 2.47 bits per heavy atom. The van der Waals surface area contributed by atoms with Gasteiger partial charge in [-0.05, 0) is 42.3 Å². The van der Waals surface area contributed by atoms with E-state index in [9.17, 15) is 0 Å². The van der Waals surface area contributed by atoms with Gasteiger partial charge < -0.3 is 11.1 Å². The Bertz CT molecular complexity index is 344. The van der Waals surface area contributed by atoms with Crippen LogP contribution in [0, 0.1) is 11.8 Å². The van der Waals surface area contributed by atoms with Crippen molar-refractivity contribution >= 4 is 0 Å². The molecule has 1 saturated carbocycles. The van der Waals surface area contributed by atoms with Crippen molar-refractivity contribution in [2.24, 2.45) is 17.6 Å². The van der Waals surface area contributed by atoms with Crippen LogP contribution in [0.3, 0.4) is 0 Å². The second-order valence-corrected chi connectivity index (χ2v) is 5.26. The highest BCUT2D eigenvalue weighted by atomic mass is 14.9. The number of aryl methyl sites for hydroxylation is 1. The first-order valence-electron chi connectivity index (χ1n) is 6.76. The van der Waals surface area contributed by atoms with Crippen LogP contribution < -0.4 is 11.1 Å². The highest BCUT2D eigenvalue weighted by molar-refractivity contribution is 5.25. The molecule has 2 nitrogen and oxygen atoms in total. The molecule has 3 atom stereocenters. The van der Waals surface area contributed by atoms with E-state index in [1.54, 1.807) is 0 Å². The Morgan fingerprint density at radius 2 is 2.00 bits per heavy atom. The van der Waals surface area contributed by atoms with E-state index < -0.39 is 0 Å². The summed E-state index contributed by atoms with van der Waals surface area (Å²) in [7, 11) is 0. The van der Waals surface area contributed by atoms with Gasteiger partial charge in [-0.25, -0.2) is 0 Å². The van der Waals surface area contributed by atoms with E-state index in [2.05, 4.69) is 43.4 Å². The average molecular weight is 232 g/mol. The van der Waals surface area contributed by atoms with Crippen LogP contribution in [0.15, 0.2) is 24.3 Å². The molecule has 0 radical (unpaired) electrons. The fourth-order valence-electron chi connectivity index (χ4n) is 2.30. The molecule has 17 heavy (non-hydrogen) atoms. The lowest BCUT2D eigenvalue weighted by atomic mass is 10.0. The Morgan fingerprint density at radius 1 is 1.35 bits per heavy atom. The van der Waals surface area contributed by atoms with E-state index in [4.69, 9.17) is 5.73 Å². The minimum Gasteiger partial charge on any atom is -0.329 e. The van der Waals surface area contributed by atoms with Crippen molar-refractivity contribution < 1.29 is 0 Å². The quantitative estimate of drug-likeness (QED) is 0.791. The molecular weight excluding hydrogens is 208 g/mol. The minimum absolute atomic E-state index is 0.314. The van der Waals surface area contributed by atoms with Crippen molar-refractivity contribution in [3.05, 3.63) is 35.4 Å². The topological polar surface area (TPSA) is 38.0 Å². The van der Waals surface area contributed by atoms with E-state index >= 15 is 0 Å². The Kier molecular flexibility index (Phi) is 4.19. The molecular formula is C15H24N2. The summed E-state index contributed by atoms with van der Waals surface area (Å²) >= 11 is 0. The number of rotatable bonds is 6. The Labute approximate surface area is 105 Å². The molecule has 1 aliphatic carbocycles. The second kappa shape index (κ2) is 5.65. The molecule has 1 aromatic rings. The van der Waals surface area contributed by atoms with Gasteiger partial charge in [-0.2, -0.15) is 0 Å². The lowest BCUT2D eigenvalue weighted by molar-refractivity contribution is 0.511. The van der Waals surface area contributed by atoms with Gasteiger partial charge in [-0.3, -0.25) is 0 Å². The van der Waals surface area contributed by atoms with Crippen molar-refractivity contribution in [1.82, 2.24) is 5.32 Å². The number of nitrogens with two attached hydrogens (primary N) is 1. The molecule has 0 amide bonds. The third kappa shape index (κ3) is 3.30. The fraction of sp³-hybridized carbons (Fsp3) is 0.600. The molecule has 0 spiro atoms. The number of nitrogens with one attached hydrogen (secondary N) is 1. The van der Waals surface area contributed by atoms with E-state index in [0.717, 1.165) is 24.8 Å². The van der Waals surface area contributed by atoms with Gasteiger partial charge in [0.1, 0.15) is 0 Å². The number of hydrogen-bond acceptors (Lipinski definition) is 2. The highest BCUT2D eigenvalue weighted by Gasteiger charge is 2.32. The van der Waals surface area contributed by atoms with Gasteiger partial charge in [0.2, 0.25) is 0 Å². The SMILES string of the molecule is CCc1ccc(C(CN)NCC2CC2C)cc1. The van der Waals surface area contributed by atoms with Gasteiger partial charge in [0.05, 0.1) is 0 Å². The molecule has 0 aliphatic heterocycles. The van der Waals surface area contributed by atoms with E-state index in [-0.39, 0.29) is 0 Å². The lowest BCUT2D eigenvalue weighted by Gasteiger charge is -2.17. The number of benzene rings is 1. The van der Waals surface area contributed by atoms with Crippen LogP contribution in [0.25, 0.3) is 0 Å². The minimum atomic E-state index is 0.314. The molecule has 0 bridgehead atoms. The predicted molar refractivity (Wildman–Crippen MR) is 72.9 cm³/mol. The summed E-state index contributed by atoms with van der Waals surface area (Å²) in [5.74, 6) is 1.78. The monoisotopic (exact) mass is 232 g/mol. The second-order valence-electron chi connectivity index (χ2n) is 5.26. The summed E-state index contributed by atoms with van der Waals surface area (Å²) in [6.45, 7) is 6.28. The molecule has 0 saturated heterocycles. The summed E-state index contributed by atoms with van der Waals surface area (Å²) in [5.41, 5.74) is 8.56. The maximum Gasteiger partial charge on any atom is 0.0444 e. The van der Waals surface area contributed by atoms with Crippen LogP contribution in [0.1, 0.15) is 37.4 Å². The maximum absolute atomic E-state index is 5.85. The van der Waals surface area contributed by atoms with E-state index in [1.165, 1.54) is 17.5 Å². The summed E-state index contributed by atoms with van der Waals surface area (Å²) < 4.78 is 0. The summed E-state index contributed by atoms with van der Waals surface area (Å²) in [5, 5.41) is 3.59. The highest BCUT2D eigenvalue weighted by Crippen LogP contribution is 2.37. The van der Waals surface area contributed by atoms with Crippen molar-refractivity contribution in [3.63, 3.8) is 0 Å². The van der Waals surface area contributed by atoms with Crippen LogP contribution in [0.2, 0.25) is 0 Å². The predicted octanol–water partition coefficient (Wildman–Crippen LogP) is 2.49. The van der Waals surface area contributed by atoms with Crippen molar-refractivity contribution in [2.75, 3.05) is 13.1 Å². The first-order valence-corrected chi connectivity index (χ1v) is 6.76. The zero-order valence-corrected chi connectivity index (χ0v) is 10.9. The largest absolute Gasteiger partial charge is 0.329 e. The fourth-order valence-corrected chi connectivity index (χ4v) is 2.30. The first-order chi connectivity index (χ1) is 8.24. The van der Waals surface area contributed by atoms with Gasteiger partial charge in [-0.15, -0.1) is 0 Å². The van der Waals surface area contributed by atoms with Gasteiger partial charge in [0.25, 0.3) is 0 Å². The summed E-state index contributed by atoms with van der Waals surface area (Å²) in [4.78, 5) is 0. The van der Waals surface area contributed by atoms with Gasteiger partial charge in [-0.1, -0.05) is 38.1 Å². The van der Waals surface area contributed by atoms with Gasteiger partial charge >= 0.3 is 0 Å². The van der Waals surface area contributed by atoms with Gasteiger partial charge in [0.15, 0.2) is 0 Å². The van der Waals surface area contributed by atoms with Gasteiger partial charge in [0, 0.05) is 12.6 Å². The van der Waals surface area contributed by atoms with Crippen molar-refractivity contribution in [3.8, 4) is 0 Å². The Hall–Kier alpha value is -0.860. The average Bonchev–Trinajstić information content (AvgIpc) is 3.07. The van der Waals surface area contributed by atoms with E-state index in [0.29, 0.717) is 12.6 Å². The normalized spacial score (nSPS) is 24.6. The van der Waals surface area contributed by atoms with Crippen LogP contribution in [-0.2, 0) is 6.42 Å². The standard InChI is InChI=1S/C15H24N2/c1-3-12-4-6-13(7-5-12)15(9-16)17-10-14-8-11(14)2/h4-7,11,14-15,17H,3,8-10,16H2,1-2H3. The maximum atomic E-state index is 5.85. The molecule has 3 N–H and O–H groups in total. The molecule has 94 valence electrons. The molecule has 1 aromatic carbocycles. The molecule has 1 aliphatic rings. The zero-order valence-electron chi connectivity index (χ0n) is 10.9. The third-order valence-electron chi connectivity index (χ3n) is 3.93. The third-order valence-corrected chi connectivity index (χ3v) is 3.93. The summed E-state index contributed by atoms with van der Waals surface area (Å²) in [6.07, 6.45) is 2.47. The molecule has 0 aromatic heterocycles. The summed E-state index contributed by atoms with van der Waals surface area (Å²) in [6, 6.07) is 9.15. The Balaban J connectivity index is 1.91. The van der Waals surface area contributed by atoms with E-state index in [1.807, 2.05) is 0 Å². The van der Waals surface area contributed by atoms with Crippen LogP contribution >= 0.6 is 0 Å². The molecule has 3 unspecified atom stereocenters. The van der Waals surface area contributed by atoms with Crippen molar-refractivity contribution in [1.29, 1.82) is 0 Å². The molecule has 2 heteroatoms. The zero-order chi connectivity index (χ0) is 12.3. The van der Waals surface area contributed by atoms with Crippen LogP contribution in [0.4, 0.5) is 0 Å². The first kappa shape index (κ1) is 12.6. The smallest absolute Gasteiger partial charge is 0.0444 e. The van der Waals surface area contributed by atoms with Crippen molar-refractivity contribution in [2.45, 2.75) is 32.7 Å². The van der Waals surface area contributed by atoms with Crippen LogP contribution in [0.5, 0.6) is 0 Å². The molecule has 1 fully saturated rings. The van der Waals surface area contributed by atoms with Crippen LogP contribution in [-0.4, -0.2) is 13.1 Å². The molecule has 0 heterocycles.